The Morgan fingerprint density at radius 1 is 1.21 bits per heavy atom. The number of thioether (sulfide) groups is 1. The van der Waals surface area contributed by atoms with Crippen molar-refractivity contribution in [2.75, 3.05) is 19.8 Å². The highest BCUT2D eigenvalue weighted by Gasteiger charge is 2.44. The zero-order chi connectivity index (χ0) is 19.7. The van der Waals surface area contributed by atoms with E-state index in [9.17, 15) is 0 Å². The Morgan fingerprint density at radius 2 is 2.04 bits per heavy atom. The van der Waals surface area contributed by atoms with E-state index >= 15 is 0 Å². The summed E-state index contributed by atoms with van der Waals surface area (Å²) in [4.78, 5) is 12.0. The Labute approximate surface area is 175 Å². The van der Waals surface area contributed by atoms with E-state index in [1.807, 2.05) is 62.1 Å². The summed E-state index contributed by atoms with van der Waals surface area (Å²) < 4.78 is 11.6. The molecule has 3 atom stereocenters. The Morgan fingerprint density at radius 3 is 2.75 bits per heavy atom. The van der Waals surface area contributed by atoms with E-state index < -0.39 is 0 Å². The van der Waals surface area contributed by atoms with E-state index in [4.69, 9.17) is 26.1 Å². The first kappa shape index (κ1) is 19.4. The van der Waals surface area contributed by atoms with Gasteiger partial charge < -0.3 is 14.4 Å². The molecular weight excluding hydrogens is 394 g/mol. The van der Waals surface area contributed by atoms with Gasteiger partial charge in [0.15, 0.2) is 16.7 Å². The summed E-state index contributed by atoms with van der Waals surface area (Å²) in [7, 11) is 0. The van der Waals surface area contributed by atoms with E-state index in [0.29, 0.717) is 35.0 Å². The highest BCUT2D eigenvalue weighted by atomic mass is 35.5. The van der Waals surface area contributed by atoms with Gasteiger partial charge in [0.2, 0.25) is 0 Å². The second-order valence-corrected chi connectivity index (χ2v) is 8.65. The molecule has 1 aromatic carbocycles. The third-order valence-corrected chi connectivity index (χ3v) is 6.23. The molecule has 3 heterocycles. The Hall–Kier alpha value is -1.92. The van der Waals surface area contributed by atoms with E-state index in [0.717, 1.165) is 23.0 Å². The van der Waals surface area contributed by atoms with Crippen LogP contribution in [-0.4, -0.2) is 40.1 Å². The second kappa shape index (κ2) is 8.21. The van der Waals surface area contributed by atoms with Crippen molar-refractivity contribution in [2.45, 2.75) is 38.1 Å². The summed E-state index contributed by atoms with van der Waals surface area (Å²) in [5, 5.41) is 2.16. The molecule has 0 unspecified atom stereocenters. The van der Waals surface area contributed by atoms with Crippen molar-refractivity contribution in [3.8, 4) is 11.5 Å². The van der Waals surface area contributed by atoms with Crippen LogP contribution in [0.15, 0.2) is 41.5 Å². The number of rotatable bonds is 6. The number of hydrogen-bond acceptors (Lipinski definition) is 6. The largest absolute Gasteiger partial charge is 0.490 e. The van der Waals surface area contributed by atoms with Gasteiger partial charge in [-0.1, -0.05) is 36.4 Å². The number of halogens is 1. The van der Waals surface area contributed by atoms with Crippen molar-refractivity contribution in [1.82, 2.24) is 9.88 Å². The molecule has 0 spiro atoms. The Kier molecular flexibility index (Phi) is 5.69. The fourth-order valence-electron chi connectivity index (χ4n) is 3.78. The molecule has 7 heteroatoms. The molecule has 2 aliphatic heterocycles. The molecule has 5 nitrogen and oxygen atoms in total. The number of amidine groups is 1. The van der Waals surface area contributed by atoms with Gasteiger partial charge in [-0.2, -0.15) is 0 Å². The fraction of sp³-hybridized carbons (Fsp3) is 0.429. The molecule has 28 heavy (non-hydrogen) atoms. The predicted octanol–water partition coefficient (Wildman–Crippen LogP) is 5.12. The molecule has 0 saturated carbocycles. The van der Waals surface area contributed by atoms with Gasteiger partial charge in [0.05, 0.1) is 30.0 Å². The van der Waals surface area contributed by atoms with Gasteiger partial charge in [-0.15, -0.1) is 0 Å². The zero-order valence-corrected chi connectivity index (χ0v) is 17.8. The van der Waals surface area contributed by atoms with Crippen molar-refractivity contribution in [2.24, 2.45) is 4.99 Å². The lowest BCUT2D eigenvalue weighted by molar-refractivity contribution is 0.284. The monoisotopic (exact) mass is 417 g/mol. The quantitative estimate of drug-likeness (QED) is 0.652. The van der Waals surface area contributed by atoms with Gasteiger partial charge in [-0.05, 0) is 43.7 Å². The minimum atomic E-state index is -0.0697. The second-order valence-electron chi connectivity index (χ2n) is 6.83. The molecule has 0 radical (unpaired) electrons. The molecule has 2 aromatic rings. The van der Waals surface area contributed by atoms with Crippen LogP contribution >= 0.6 is 23.4 Å². The van der Waals surface area contributed by atoms with Gasteiger partial charge in [-0.25, -0.2) is 0 Å². The number of aromatic nitrogens is 1. The summed E-state index contributed by atoms with van der Waals surface area (Å²) in [6, 6.07) is 9.98. The summed E-state index contributed by atoms with van der Waals surface area (Å²) in [5.41, 5.74) is 2.03. The minimum absolute atomic E-state index is 0.0368. The number of benzene rings is 1. The van der Waals surface area contributed by atoms with Crippen LogP contribution in [0.1, 0.15) is 44.1 Å². The summed E-state index contributed by atoms with van der Waals surface area (Å²) in [5.74, 6) is 1.28. The van der Waals surface area contributed by atoms with Crippen LogP contribution in [0.5, 0.6) is 11.5 Å². The average molecular weight is 418 g/mol. The third kappa shape index (κ3) is 3.55. The lowest BCUT2D eigenvalue weighted by Gasteiger charge is -2.28. The van der Waals surface area contributed by atoms with Gasteiger partial charge in [0, 0.05) is 18.0 Å². The Bertz CT molecular complexity index is 877. The summed E-state index contributed by atoms with van der Waals surface area (Å²) in [6.07, 6.45) is 1.82. The smallest absolute Gasteiger partial charge is 0.179 e. The van der Waals surface area contributed by atoms with Crippen molar-refractivity contribution >= 4 is 28.5 Å². The number of aliphatic imine (C=N–C) groups is 1. The third-order valence-electron chi connectivity index (χ3n) is 4.84. The van der Waals surface area contributed by atoms with Crippen LogP contribution in [0, 0.1) is 0 Å². The number of pyridine rings is 1. The molecule has 2 aliphatic rings. The molecule has 0 N–H and O–H groups in total. The van der Waals surface area contributed by atoms with Gasteiger partial charge in [-0.3, -0.25) is 9.98 Å². The average Bonchev–Trinajstić information content (AvgIpc) is 3.21. The maximum atomic E-state index is 6.61. The topological polar surface area (TPSA) is 47.0 Å². The normalized spacial score (nSPS) is 23.5. The standard InChI is InChI=1S/C21H24ClN3O2S/c1-4-26-17-11-14(10-15(22)20(17)27-5-2)19-18(16-8-6-7-9-23-16)24-21-25(19)12-13(3)28-21/h6-11,13,18-19H,4-5,12H2,1-3H3/t13-,18+,19+/m0/s1. The van der Waals surface area contributed by atoms with E-state index in [1.54, 1.807) is 0 Å². The van der Waals surface area contributed by atoms with Crippen LogP contribution in [0.2, 0.25) is 5.02 Å². The Balaban J connectivity index is 1.79. The molecule has 1 saturated heterocycles. The number of nitrogens with zero attached hydrogens (tertiary/aromatic N) is 3. The van der Waals surface area contributed by atoms with Gasteiger partial charge in [0.1, 0.15) is 6.04 Å². The molecule has 148 valence electrons. The predicted molar refractivity (Wildman–Crippen MR) is 115 cm³/mol. The number of ether oxygens (including phenoxy) is 2. The molecule has 4 rings (SSSR count). The maximum absolute atomic E-state index is 6.61. The lowest BCUT2D eigenvalue weighted by atomic mass is 9.96. The maximum Gasteiger partial charge on any atom is 0.179 e. The van der Waals surface area contributed by atoms with Crippen LogP contribution in [0.25, 0.3) is 0 Å². The fourth-order valence-corrected chi connectivity index (χ4v) is 5.15. The number of hydrogen-bond donors (Lipinski definition) is 0. The summed E-state index contributed by atoms with van der Waals surface area (Å²) >= 11 is 8.43. The summed E-state index contributed by atoms with van der Waals surface area (Å²) in [6.45, 7) is 8.17. The van der Waals surface area contributed by atoms with Crippen molar-refractivity contribution < 1.29 is 9.47 Å². The molecule has 1 aromatic heterocycles. The van der Waals surface area contributed by atoms with E-state index in [1.165, 1.54) is 0 Å². The lowest BCUT2D eigenvalue weighted by Crippen LogP contribution is -2.28. The van der Waals surface area contributed by atoms with Crippen LogP contribution in [-0.2, 0) is 0 Å². The molecule has 1 fully saturated rings. The molecule has 0 aliphatic carbocycles. The molecular formula is C21H24ClN3O2S. The molecule has 0 bridgehead atoms. The van der Waals surface area contributed by atoms with E-state index in [2.05, 4.69) is 16.8 Å². The van der Waals surface area contributed by atoms with Crippen LogP contribution < -0.4 is 9.47 Å². The first-order valence-corrected chi connectivity index (χ1v) is 10.9. The van der Waals surface area contributed by atoms with Crippen molar-refractivity contribution in [1.29, 1.82) is 0 Å². The first-order chi connectivity index (χ1) is 13.6. The minimum Gasteiger partial charge on any atom is -0.490 e. The SMILES string of the molecule is CCOc1cc([C@@H]2[C@@H](c3ccccn3)N=C3S[C@@H](C)CN32)cc(Cl)c1OCC. The van der Waals surface area contributed by atoms with Crippen molar-refractivity contribution in [3.05, 3.63) is 52.8 Å². The van der Waals surface area contributed by atoms with Crippen LogP contribution in [0.4, 0.5) is 0 Å². The first-order valence-electron chi connectivity index (χ1n) is 9.63. The highest BCUT2D eigenvalue weighted by Crippen LogP contribution is 2.49. The highest BCUT2D eigenvalue weighted by molar-refractivity contribution is 8.14. The zero-order valence-electron chi connectivity index (χ0n) is 16.3. The number of fused-ring (bicyclic) bond motifs is 1. The van der Waals surface area contributed by atoms with Crippen LogP contribution in [0.3, 0.4) is 0 Å². The molecule has 0 amide bonds. The van der Waals surface area contributed by atoms with Gasteiger partial charge in [0.25, 0.3) is 0 Å². The van der Waals surface area contributed by atoms with Gasteiger partial charge >= 0.3 is 0 Å². The van der Waals surface area contributed by atoms with E-state index in [-0.39, 0.29) is 12.1 Å². The van der Waals surface area contributed by atoms with Crippen molar-refractivity contribution in [3.63, 3.8) is 0 Å².